The van der Waals surface area contributed by atoms with Crippen LogP contribution in [-0.4, -0.2) is 12.6 Å². The number of fused-ring (bicyclic) bond motifs is 5. The Bertz CT molecular complexity index is 804. The topological polar surface area (TPSA) is 26.3 Å². The maximum absolute atomic E-state index is 11.2. The van der Waals surface area contributed by atoms with E-state index in [0.29, 0.717) is 35.2 Å². The van der Waals surface area contributed by atoms with Crippen molar-refractivity contribution in [1.29, 1.82) is 0 Å². The molecule has 2 saturated carbocycles. The lowest BCUT2D eigenvalue weighted by atomic mass is 9.48. The molecule has 0 amide bonds. The van der Waals surface area contributed by atoms with Crippen molar-refractivity contribution >= 4 is 5.97 Å². The predicted octanol–water partition coefficient (Wildman–Crippen LogP) is 8.15. The van der Waals surface area contributed by atoms with Gasteiger partial charge in [0.15, 0.2) is 0 Å². The number of hydrogen-bond acceptors (Lipinski definition) is 2. The highest BCUT2D eigenvalue weighted by Gasteiger charge is 2.58. The maximum atomic E-state index is 11.2. The number of carbonyl (C=O) groups is 1. The Morgan fingerprint density at radius 3 is 2.64 bits per heavy atom. The van der Waals surface area contributed by atoms with E-state index in [0.717, 1.165) is 30.1 Å². The van der Waals surface area contributed by atoms with Crippen LogP contribution in [0.1, 0.15) is 92.9 Å². The Morgan fingerprint density at radius 1 is 1.12 bits per heavy atom. The molecule has 0 saturated heterocycles. The fraction of sp³-hybridized carbons (Fsp3) is 0.774. The van der Waals surface area contributed by atoms with Crippen molar-refractivity contribution in [2.75, 3.05) is 6.61 Å². The zero-order valence-electron chi connectivity index (χ0n) is 22.1. The summed E-state index contributed by atoms with van der Waals surface area (Å²) in [5.41, 5.74) is 2.54. The van der Waals surface area contributed by atoms with E-state index >= 15 is 0 Å². The van der Waals surface area contributed by atoms with Crippen molar-refractivity contribution < 1.29 is 9.53 Å². The van der Waals surface area contributed by atoms with E-state index in [-0.39, 0.29) is 5.97 Å². The normalized spacial score (nSPS) is 39.5. The molecule has 0 aromatic carbocycles. The molecule has 0 heterocycles. The van der Waals surface area contributed by atoms with Crippen LogP contribution < -0.4 is 0 Å². The van der Waals surface area contributed by atoms with Gasteiger partial charge in [-0.2, -0.15) is 0 Å². The fourth-order valence-corrected chi connectivity index (χ4v) is 8.53. The van der Waals surface area contributed by atoms with Gasteiger partial charge in [0.25, 0.3) is 0 Å². The molecule has 0 aliphatic heterocycles. The molecule has 0 spiro atoms. The lowest BCUT2D eigenvalue weighted by Gasteiger charge is -2.56. The van der Waals surface area contributed by atoms with Crippen LogP contribution in [0, 0.1) is 52.3 Å². The van der Waals surface area contributed by atoms with E-state index in [1.165, 1.54) is 51.9 Å². The van der Waals surface area contributed by atoms with Gasteiger partial charge in [0, 0.05) is 6.92 Å². The Labute approximate surface area is 203 Å². The van der Waals surface area contributed by atoms with E-state index in [1.54, 1.807) is 5.57 Å². The average molecular weight is 453 g/mol. The molecule has 4 aliphatic rings. The summed E-state index contributed by atoms with van der Waals surface area (Å²) in [7, 11) is 0. The SMILES string of the molecule is CC(=O)OCC[C@H](C=C[C@@H](C)[C@H]1CC[C@H]2[C@@H]3C=CC4=CCCC[C@]4(C)[C@H]3CC[C@]12C)C(C)C. The highest BCUT2D eigenvalue weighted by molar-refractivity contribution is 5.65. The number of allylic oxidation sites excluding steroid dienone is 6. The molecular weight excluding hydrogens is 404 g/mol. The minimum atomic E-state index is -0.170. The zero-order valence-corrected chi connectivity index (χ0v) is 22.1. The first-order chi connectivity index (χ1) is 15.7. The largest absolute Gasteiger partial charge is 0.466 e. The molecule has 0 radical (unpaired) electrons. The third kappa shape index (κ3) is 4.65. The molecule has 2 nitrogen and oxygen atoms in total. The molecule has 2 heteroatoms. The molecule has 8 atom stereocenters. The summed E-state index contributed by atoms with van der Waals surface area (Å²) < 4.78 is 5.23. The van der Waals surface area contributed by atoms with E-state index in [9.17, 15) is 4.79 Å². The van der Waals surface area contributed by atoms with Crippen molar-refractivity contribution in [3.05, 3.63) is 36.0 Å². The van der Waals surface area contributed by atoms with Crippen molar-refractivity contribution in [3.63, 3.8) is 0 Å². The lowest BCUT2D eigenvalue weighted by Crippen LogP contribution is -2.49. The smallest absolute Gasteiger partial charge is 0.302 e. The van der Waals surface area contributed by atoms with E-state index in [4.69, 9.17) is 4.74 Å². The highest BCUT2D eigenvalue weighted by atomic mass is 16.5. The molecule has 184 valence electrons. The molecule has 0 aromatic rings. The maximum Gasteiger partial charge on any atom is 0.302 e. The van der Waals surface area contributed by atoms with Gasteiger partial charge < -0.3 is 4.74 Å². The Balaban J connectivity index is 1.46. The third-order valence-electron chi connectivity index (χ3n) is 10.6. The van der Waals surface area contributed by atoms with Gasteiger partial charge in [0.2, 0.25) is 0 Å². The van der Waals surface area contributed by atoms with Crippen molar-refractivity contribution in [3.8, 4) is 0 Å². The monoisotopic (exact) mass is 452 g/mol. The summed E-state index contributed by atoms with van der Waals surface area (Å²) in [4.78, 5) is 11.2. The zero-order chi connectivity index (χ0) is 23.8. The second-order valence-electron chi connectivity index (χ2n) is 12.6. The van der Waals surface area contributed by atoms with Crippen LogP contribution in [0.5, 0.6) is 0 Å². The van der Waals surface area contributed by atoms with Crippen LogP contribution in [0.3, 0.4) is 0 Å². The van der Waals surface area contributed by atoms with Gasteiger partial charge in [0.05, 0.1) is 6.61 Å². The first-order valence-electron chi connectivity index (χ1n) is 13.9. The third-order valence-corrected chi connectivity index (χ3v) is 10.6. The molecule has 4 rings (SSSR count). The summed E-state index contributed by atoms with van der Waals surface area (Å²) >= 11 is 0. The predicted molar refractivity (Wildman–Crippen MR) is 138 cm³/mol. The average Bonchev–Trinajstić information content (AvgIpc) is 3.12. The lowest BCUT2D eigenvalue weighted by molar-refractivity contribution is -0.141. The Kier molecular flexibility index (Phi) is 7.32. The standard InChI is InChI=1S/C31H48O2/c1-21(2)24(17-20-33-23(4)32)11-10-22(3)27-14-15-28-26-13-12-25-9-7-8-18-30(25,5)29(26)16-19-31(27,28)6/h9-13,21-22,24,26-29H,7-8,14-20H2,1-6H3/t22-,24+,26+,27-,28+,29+,30+,31-/m1/s1. The highest BCUT2D eigenvalue weighted by Crippen LogP contribution is 2.66. The van der Waals surface area contributed by atoms with Gasteiger partial charge >= 0.3 is 5.97 Å². The quantitative estimate of drug-likeness (QED) is 0.288. The van der Waals surface area contributed by atoms with Crippen molar-refractivity contribution in [2.45, 2.75) is 92.9 Å². The first-order valence-corrected chi connectivity index (χ1v) is 13.9. The van der Waals surface area contributed by atoms with Crippen LogP contribution in [-0.2, 0) is 9.53 Å². The van der Waals surface area contributed by atoms with E-state index in [1.807, 2.05) is 0 Å². The van der Waals surface area contributed by atoms with E-state index < -0.39 is 0 Å². The summed E-state index contributed by atoms with van der Waals surface area (Å²) in [5, 5.41) is 0. The number of carbonyl (C=O) groups excluding carboxylic acids is 1. The molecular formula is C31H48O2. The molecule has 33 heavy (non-hydrogen) atoms. The Morgan fingerprint density at radius 2 is 1.91 bits per heavy atom. The van der Waals surface area contributed by atoms with Crippen LogP contribution in [0.4, 0.5) is 0 Å². The molecule has 0 unspecified atom stereocenters. The summed E-state index contributed by atoms with van der Waals surface area (Å²) in [6.07, 6.45) is 23.2. The number of rotatable bonds is 7. The second-order valence-corrected chi connectivity index (χ2v) is 12.6. The minimum absolute atomic E-state index is 0.170. The Hall–Kier alpha value is -1.31. The summed E-state index contributed by atoms with van der Waals surface area (Å²) in [5.74, 6) is 4.74. The summed E-state index contributed by atoms with van der Waals surface area (Å²) in [6.45, 7) is 14.3. The van der Waals surface area contributed by atoms with Crippen molar-refractivity contribution in [1.82, 2.24) is 0 Å². The van der Waals surface area contributed by atoms with Crippen LogP contribution >= 0.6 is 0 Å². The van der Waals surface area contributed by atoms with Crippen LogP contribution in [0.25, 0.3) is 0 Å². The van der Waals surface area contributed by atoms with Gasteiger partial charge in [-0.1, -0.05) is 65.0 Å². The van der Waals surface area contributed by atoms with Crippen LogP contribution in [0.2, 0.25) is 0 Å². The van der Waals surface area contributed by atoms with Crippen LogP contribution in [0.15, 0.2) is 36.0 Å². The first kappa shape index (κ1) is 24.8. The summed E-state index contributed by atoms with van der Waals surface area (Å²) in [6, 6.07) is 0. The fourth-order valence-electron chi connectivity index (χ4n) is 8.53. The second kappa shape index (κ2) is 9.74. The molecule has 0 bridgehead atoms. The number of esters is 1. The number of hydrogen-bond donors (Lipinski definition) is 0. The van der Waals surface area contributed by atoms with Crippen molar-refractivity contribution in [2.24, 2.45) is 52.3 Å². The molecule has 0 N–H and O–H groups in total. The van der Waals surface area contributed by atoms with Gasteiger partial charge in [-0.3, -0.25) is 4.79 Å². The number of ether oxygens (including phenoxy) is 1. The van der Waals surface area contributed by atoms with Gasteiger partial charge in [-0.15, -0.1) is 0 Å². The van der Waals surface area contributed by atoms with Gasteiger partial charge in [0.1, 0.15) is 0 Å². The minimum Gasteiger partial charge on any atom is -0.466 e. The molecule has 2 fully saturated rings. The molecule has 4 aliphatic carbocycles. The van der Waals surface area contributed by atoms with Gasteiger partial charge in [-0.05, 0) is 109 Å². The van der Waals surface area contributed by atoms with Gasteiger partial charge in [-0.25, -0.2) is 0 Å². The van der Waals surface area contributed by atoms with E-state index in [2.05, 4.69) is 65.0 Å². The molecule has 0 aromatic heterocycles.